The average molecular weight is 273 g/mol. The first-order valence-corrected chi connectivity index (χ1v) is 6.63. The molecule has 20 heavy (non-hydrogen) atoms. The van der Waals surface area contributed by atoms with Gasteiger partial charge in [-0.25, -0.2) is 0 Å². The number of amides is 2. The molecule has 0 aliphatic heterocycles. The summed E-state index contributed by atoms with van der Waals surface area (Å²) in [5, 5.41) is 11.8. The van der Waals surface area contributed by atoms with Crippen molar-refractivity contribution in [1.29, 1.82) is 5.26 Å². The Labute approximate surface area is 118 Å². The van der Waals surface area contributed by atoms with Crippen molar-refractivity contribution in [2.75, 3.05) is 6.54 Å². The normalized spacial score (nSPS) is 11.3. The van der Waals surface area contributed by atoms with Gasteiger partial charge in [-0.05, 0) is 24.8 Å². The van der Waals surface area contributed by atoms with Crippen molar-refractivity contribution in [3.8, 4) is 6.07 Å². The Morgan fingerprint density at radius 2 is 1.95 bits per heavy atom. The summed E-state index contributed by atoms with van der Waals surface area (Å²) >= 11 is 0. The maximum Gasteiger partial charge on any atom is 0.237 e. The quantitative estimate of drug-likeness (QED) is 0.695. The van der Waals surface area contributed by atoms with Gasteiger partial charge >= 0.3 is 0 Å². The molecule has 0 saturated heterocycles. The molecule has 0 fully saturated rings. The Morgan fingerprint density at radius 1 is 1.25 bits per heavy atom. The van der Waals surface area contributed by atoms with E-state index in [2.05, 4.69) is 5.32 Å². The standard InChI is InChI=1S/C15H19N3O2/c16-11-13(10-12-6-2-1-3-7-12)15(20)18-9-5-4-8-14(17)19/h1-3,6-7,13H,4-5,8-10H2,(H2,17,19)(H,18,20). The van der Waals surface area contributed by atoms with Crippen LogP contribution < -0.4 is 11.1 Å². The molecule has 0 aliphatic carbocycles. The first-order valence-electron chi connectivity index (χ1n) is 6.63. The molecule has 0 bridgehead atoms. The largest absolute Gasteiger partial charge is 0.370 e. The summed E-state index contributed by atoms with van der Waals surface area (Å²) in [7, 11) is 0. The van der Waals surface area contributed by atoms with Gasteiger partial charge in [0.15, 0.2) is 0 Å². The van der Waals surface area contributed by atoms with Gasteiger partial charge in [0.25, 0.3) is 0 Å². The molecule has 1 atom stereocenters. The van der Waals surface area contributed by atoms with E-state index < -0.39 is 5.92 Å². The molecule has 106 valence electrons. The van der Waals surface area contributed by atoms with Gasteiger partial charge in [0.1, 0.15) is 5.92 Å². The fourth-order valence-electron chi connectivity index (χ4n) is 1.81. The van der Waals surface area contributed by atoms with E-state index in [9.17, 15) is 9.59 Å². The highest BCUT2D eigenvalue weighted by Crippen LogP contribution is 2.08. The van der Waals surface area contributed by atoms with E-state index in [0.717, 1.165) is 5.56 Å². The lowest BCUT2D eigenvalue weighted by molar-refractivity contribution is -0.123. The molecule has 5 heteroatoms. The van der Waals surface area contributed by atoms with Gasteiger partial charge in [-0.3, -0.25) is 9.59 Å². The van der Waals surface area contributed by atoms with Crippen LogP contribution in [-0.4, -0.2) is 18.4 Å². The third-order valence-electron chi connectivity index (χ3n) is 2.90. The van der Waals surface area contributed by atoms with E-state index in [-0.39, 0.29) is 11.8 Å². The number of unbranched alkanes of at least 4 members (excludes halogenated alkanes) is 1. The van der Waals surface area contributed by atoms with E-state index >= 15 is 0 Å². The van der Waals surface area contributed by atoms with Crippen LogP contribution in [-0.2, 0) is 16.0 Å². The topological polar surface area (TPSA) is 96.0 Å². The molecule has 5 nitrogen and oxygen atoms in total. The molecular formula is C15H19N3O2. The third-order valence-corrected chi connectivity index (χ3v) is 2.90. The number of primary amides is 1. The first-order chi connectivity index (χ1) is 9.63. The Balaban J connectivity index is 2.33. The Hall–Kier alpha value is -2.35. The number of nitrogens with two attached hydrogens (primary N) is 1. The minimum absolute atomic E-state index is 0.268. The van der Waals surface area contributed by atoms with Gasteiger partial charge in [0, 0.05) is 13.0 Å². The Kier molecular flexibility index (Phi) is 6.83. The molecule has 0 aliphatic rings. The number of nitriles is 1. The van der Waals surface area contributed by atoms with Crippen LogP contribution in [0.2, 0.25) is 0 Å². The van der Waals surface area contributed by atoms with Gasteiger partial charge in [0.2, 0.25) is 11.8 Å². The van der Waals surface area contributed by atoms with Crippen molar-refractivity contribution in [3.63, 3.8) is 0 Å². The number of carbonyl (C=O) groups excluding carboxylic acids is 2. The molecule has 0 spiro atoms. The van der Waals surface area contributed by atoms with Crippen LogP contribution in [0.3, 0.4) is 0 Å². The van der Waals surface area contributed by atoms with Crippen LogP contribution in [0.15, 0.2) is 30.3 Å². The summed E-state index contributed by atoms with van der Waals surface area (Å²) in [6.45, 7) is 0.457. The second-order valence-electron chi connectivity index (χ2n) is 4.59. The average Bonchev–Trinajstić information content (AvgIpc) is 2.45. The summed E-state index contributed by atoms with van der Waals surface area (Å²) in [6, 6.07) is 11.5. The zero-order chi connectivity index (χ0) is 14.8. The highest BCUT2D eigenvalue weighted by molar-refractivity contribution is 5.81. The van der Waals surface area contributed by atoms with Crippen molar-refractivity contribution in [1.82, 2.24) is 5.32 Å². The Morgan fingerprint density at radius 3 is 2.55 bits per heavy atom. The van der Waals surface area contributed by atoms with E-state index in [0.29, 0.717) is 32.2 Å². The summed E-state index contributed by atoms with van der Waals surface area (Å²) in [5.41, 5.74) is 5.98. The third kappa shape index (κ3) is 6.01. The van der Waals surface area contributed by atoms with E-state index in [1.165, 1.54) is 0 Å². The van der Waals surface area contributed by atoms with Gasteiger partial charge in [-0.1, -0.05) is 30.3 Å². The predicted molar refractivity (Wildman–Crippen MR) is 75.3 cm³/mol. The lowest BCUT2D eigenvalue weighted by Crippen LogP contribution is -2.32. The van der Waals surface area contributed by atoms with E-state index in [1.807, 2.05) is 36.4 Å². The van der Waals surface area contributed by atoms with Crippen LogP contribution in [0.1, 0.15) is 24.8 Å². The number of nitrogens with zero attached hydrogens (tertiary/aromatic N) is 1. The minimum atomic E-state index is -0.687. The van der Waals surface area contributed by atoms with Gasteiger partial charge in [-0.15, -0.1) is 0 Å². The number of rotatable bonds is 8. The summed E-state index contributed by atoms with van der Waals surface area (Å²) in [5.74, 6) is -1.29. The molecular weight excluding hydrogens is 254 g/mol. The summed E-state index contributed by atoms with van der Waals surface area (Å²) in [4.78, 5) is 22.4. The van der Waals surface area contributed by atoms with Crippen molar-refractivity contribution in [2.45, 2.75) is 25.7 Å². The highest BCUT2D eigenvalue weighted by Gasteiger charge is 2.17. The fraction of sp³-hybridized carbons (Fsp3) is 0.400. The molecule has 1 aromatic rings. The van der Waals surface area contributed by atoms with Crippen molar-refractivity contribution >= 4 is 11.8 Å². The smallest absolute Gasteiger partial charge is 0.237 e. The number of hydrogen-bond acceptors (Lipinski definition) is 3. The molecule has 3 N–H and O–H groups in total. The second kappa shape index (κ2) is 8.70. The zero-order valence-corrected chi connectivity index (χ0v) is 11.3. The Bertz CT molecular complexity index is 480. The molecule has 0 radical (unpaired) electrons. The maximum atomic E-state index is 11.9. The first kappa shape index (κ1) is 15.7. The van der Waals surface area contributed by atoms with E-state index in [4.69, 9.17) is 11.0 Å². The zero-order valence-electron chi connectivity index (χ0n) is 11.3. The van der Waals surface area contributed by atoms with Gasteiger partial charge in [-0.2, -0.15) is 5.26 Å². The molecule has 0 aromatic heterocycles. The van der Waals surface area contributed by atoms with E-state index in [1.54, 1.807) is 0 Å². The second-order valence-corrected chi connectivity index (χ2v) is 4.59. The number of nitrogens with one attached hydrogen (secondary N) is 1. The van der Waals surface area contributed by atoms with Crippen molar-refractivity contribution in [3.05, 3.63) is 35.9 Å². The maximum absolute atomic E-state index is 11.9. The number of carbonyl (C=O) groups is 2. The molecule has 2 amide bonds. The molecule has 1 aromatic carbocycles. The SMILES string of the molecule is N#CC(Cc1ccccc1)C(=O)NCCCCC(N)=O. The van der Waals surface area contributed by atoms with Crippen LogP contribution >= 0.6 is 0 Å². The van der Waals surface area contributed by atoms with Gasteiger partial charge < -0.3 is 11.1 Å². The minimum Gasteiger partial charge on any atom is -0.370 e. The summed E-state index contributed by atoms with van der Waals surface area (Å²) in [6.07, 6.45) is 2.05. The van der Waals surface area contributed by atoms with Gasteiger partial charge in [0.05, 0.1) is 6.07 Å². The molecule has 0 saturated carbocycles. The van der Waals surface area contributed by atoms with Crippen molar-refractivity contribution in [2.24, 2.45) is 11.7 Å². The highest BCUT2D eigenvalue weighted by atomic mass is 16.2. The van der Waals surface area contributed by atoms with Crippen LogP contribution in [0.25, 0.3) is 0 Å². The molecule has 1 rings (SSSR count). The van der Waals surface area contributed by atoms with Crippen molar-refractivity contribution < 1.29 is 9.59 Å². The van der Waals surface area contributed by atoms with Crippen LogP contribution in [0.5, 0.6) is 0 Å². The lowest BCUT2D eigenvalue weighted by Gasteiger charge is -2.10. The monoisotopic (exact) mass is 273 g/mol. The molecule has 1 unspecified atom stereocenters. The number of hydrogen-bond donors (Lipinski definition) is 2. The predicted octanol–water partition coefficient (Wildman–Crippen LogP) is 1.14. The fourth-order valence-corrected chi connectivity index (χ4v) is 1.81. The number of benzene rings is 1. The lowest BCUT2D eigenvalue weighted by atomic mass is 10.00. The van der Waals surface area contributed by atoms with Crippen LogP contribution in [0, 0.1) is 17.2 Å². The summed E-state index contributed by atoms with van der Waals surface area (Å²) < 4.78 is 0. The van der Waals surface area contributed by atoms with Crippen LogP contribution in [0.4, 0.5) is 0 Å². The molecule has 0 heterocycles.